The zero-order chi connectivity index (χ0) is 12.5. The van der Waals surface area contributed by atoms with Crippen molar-refractivity contribution in [2.75, 3.05) is 6.54 Å². The van der Waals surface area contributed by atoms with Gasteiger partial charge in [0.05, 0.1) is 23.6 Å². The number of nitrogens with one attached hydrogen (secondary N) is 2. The molecule has 0 aliphatic heterocycles. The summed E-state index contributed by atoms with van der Waals surface area (Å²) in [5.74, 6) is 0.428. The van der Waals surface area contributed by atoms with Crippen LogP contribution in [0.5, 0.6) is 0 Å². The topological polar surface area (TPSA) is 40.7 Å². The largest absolute Gasteiger partial charge is 0.401 e. The van der Waals surface area contributed by atoms with Crippen molar-refractivity contribution in [3.63, 3.8) is 0 Å². The van der Waals surface area contributed by atoms with Gasteiger partial charge in [-0.05, 0) is 12.1 Å². The summed E-state index contributed by atoms with van der Waals surface area (Å²) in [4.78, 5) is 7.01. The van der Waals surface area contributed by atoms with E-state index in [0.29, 0.717) is 21.9 Å². The van der Waals surface area contributed by atoms with Crippen molar-refractivity contribution in [1.82, 2.24) is 15.3 Å². The third-order valence-electron chi connectivity index (χ3n) is 2.13. The SMILES string of the molecule is FC(F)(F)CNCc1nc2c(Cl)cccc2[nH]1. The molecule has 0 aliphatic rings. The number of imidazole rings is 1. The first-order valence-corrected chi connectivity index (χ1v) is 5.24. The Morgan fingerprint density at radius 3 is 2.76 bits per heavy atom. The Hall–Kier alpha value is -1.27. The molecule has 0 amide bonds. The van der Waals surface area contributed by atoms with E-state index in [4.69, 9.17) is 11.6 Å². The molecular weight excluding hydrogens is 255 g/mol. The summed E-state index contributed by atoms with van der Waals surface area (Å²) in [6.07, 6.45) is -4.22. The number of halogens is 4. The number of benzene rings is 1. The molecule has 2 N–H and O–H groups in total. The first-order chi connectivity index (χ1) is 7.96. The van der Waals surface area contributed by atoms with Crippen LogP contribution in [0.25, 0.3) is 11.0 Å². The molecule has 2 aromatic rings. The van der Waals surface area contributed by atoms with E-state index in [9.17, 15) is 13.2 Å². The molecule has 0 aliphatic carbocycles. The van der Waals surface area contributed by atoms with E-state index in [2.05, 4.69) is 15.3 Å². The van der Waals surface area contributed by atoms with Gasteiger partial charge in [0, 0.05) is 0 Å². The van der Waals surface area contributed by atoms with E-state index in [1.807, 2.05) is 0 Å². The summed E-state index contributed by atoms with van der Waals surface area (Å²) in [7, 11) is 0. The summed E-state index contributed by atoms with van der Waals surface area (Å²) in [5.41, 5.74) is 1.28. The standard InChI is InChI=1S/C10H9ClF3N3/c11-6-2-1-3-7-9(6)17-8(16-7)4-15-5-10(12,13)14/h1-3,15H,4-5H2,(H,16,17). The van der Waals surface area contributed by atoms with Gasteiger partial charge in [-0.1, -0.05) is 17.7 Å². The van der Waals surface area contributed by atoms with Gasteiger partial charge in [-0.3, -0.25) is 0 Å². The van der Waals surface area contributed by atoms with Crippen molar-refractivity contribution < 1.29 is 13.2 Å². The van der Waals surface area contributed by atoms with Gasteiger partial charge in [-0.2, -0.15) is 13.2 Å². The van der Waals surface area contributed by atoms with Crippen molar-refractivity contribution in [3.8, 4) is 0 Å². The van der Waals surface area contributed by atoms with E-state index < -0.39 is 12.7 Å². The number of H-pyrrole nitrogens is 1. The molecule has 0 saturated carbocycles. The van der Waals surface area contributed by atoms with Gasteiger partial charge in [-0.25, -0.2) is 4.98 Å². The second-order valence-electron chi connectivity index (χ2n) is 3.54. The maximum atomic E-state index is 11.9. The van der Waals surface area contributed by atoms with Crippen LogP contribution in [0.1, 0.15) is 5.82 Å². The number of rotatable bonds is 3. The molecule has 7 heteroatoms. The van der Waals surface area contributed by atoms with E-state index in [1.54, 1.807) is 18.2 Å². The van der Waals surface area contributed by atoms with Crippen LogP contribution in [-0.2, 0) is 6.54 Å². The zero-order valence-corrected chi connectivity index (χ0v) is 9.36. The number of hydrogen-bond donors (Lipinski definition) is 2. The van der Waals surface area contributed by atoms with Crippen molar-refractivity contribution in [1.29, 1.82) is 0 Å². The number of alkyl halides is 3. The molecule has 0 saturated heterocycles. The highest BCUT2D eigenvalue weighted by Gasteiger charge is 2.26. The summed E-state index contributed by atoms with van der Waals surface area (Å²) >= 11 is 5.89. The number of nitrogens with zero attached hydrogens (tertiary/aromatic N) is 1. The maximum absolute atomic E-state index is 11.9. The summed E-state index contributed by atoms with van der Waals surface area (Å²) in [6, 6.07) is 5.19. The Labute approximate surface area is 100.0 Å². The first-order valence-electron chi connectivity index (χ1n) is 4.86. The average molecular weight is 264 g/mol. The molecule has 92 valence electrons. The van der Waals surface area contributed by atoms with Crippen LogP contribution in [-0.4, -0.2) is 22.7 Å². The van der Waals surface area contributed by atoms with Crippen LogP contribution in [0, 0.1) is 0 Å². The number of para-hydroxylation sites is 1. The van der Waals surface area contributed by atoms with Crippen LogP contribution >= 0.6 is 11.6 Å². The number of aromatic nitrogens is 2. The number of fused-ring (bicyclic) bond motifs is 1. The van der Waals surface area contributed by atoms with Gasteiger partial charge < -0.3 is 10.3 Å². The molecule has 3 nitrogen and oxygen atoms in total. The minimum Gasteiger partial charge on any atom is -0.341 e. The Morgan fingerprint density at radius 1 is 1.35 bits per heavy atom. The van der Waals surface area contributed by atoms with Crippen LogP contribution < -0.4 is 5.32 Å². The molecule has 1 aromatic heterocycles. The van der Waals surface area contributed by atoms with Gasteiger partial charge in [0.15, 0.2) is 0 Å². The van der Waals surface area contributed by atoms with Crippen molar-refractivity contribution >= 4 is 22.6 Å². The quantitative estimate of drug-likeness (QED) is 0.894. The van der Waals surface area contributed by atoms with Gasteiger partial charge in [0.25, 0.3) is 0 Å². The van der Waals surface area contributed by atoms with Crippen LogP contribution in [0.3, 0.4) is 0 Å². The Morgan fingerprint density at radius 2 is 2.12 bits per heavy atom. The molecule has 1 heterocycles. The third-order valence-corrected chi connectivity index (χ3v) is 2.44. The fourth-order valence-corrected chi connectivity index (χ4v) is 1.67. The van der Waals surface area contributed by atoms with E-state index >= 15 is 0 Å². The van der Waals surface area contributed by atoms with Gasteiger partial charge >= 0.3 is 6.18 Å². The molecule has 0 fully saturated rings. The van der Waals surface area contributed by atoms with Crippen LogP contribution in [0.15, 0.2) is 18.2 Å². The smallest absolute Gasteiger partial charge is 0.341 e. The van der Waals surface area contributed by atoms with Crippen LogP contribution in [0.2, 0.25) is 5.02 Å². The minimum absolute atomic E-state index is 0.0184. The molecule has 2 rings (SSSR count). The highest BCUT2D eigenvalue weighted by molar-refractivity contribution is 6.34. The lowest BCUT2D eigenvalue weighted by Gasteiger charge is -2.05. The molecule has 0 atom stereocenters. The second kappa shape index (κ2) is 4.54. The van der Waals surface area contributed by atoms with E-state index in [-0.39, 0.29) is 6.54 Å². The van der Waals surface area contributed by atoms with Gasteiger partial charge in [0.2, 0.25) is 0 Å². The second-order valence-corrected chi connectivity index (χ2v) is 3.95. The highest BCUT2D eigenvalue weighted by Crippen LogP contribution is 2.20. The molecule has 0 bridgehead atoms. The highest BCUT2D eigenvalue weighted by atomic mass is 35.5. The summed E-state index contributed by atoms with van der Waals surface area (Å²) < 4.78 is 35.7. The lowest BCUT2D eigenvalue weighted by Crippen LogP contribution is -2.28. The van der Waals surface area contributed by atoms with E-state index in [0.717, 1.165) is 0 Å². The predicted octanol–water partition coefficient (Wildman–Crippen LogP) is 2.87. The first kappa shape index (κ1) is 12.2. The number of hydrogen-bond acceptors (Lipinski definition) is 2. The van der Waals surface area contributed by atoms with Crippen molar-refractivity contribution in [3.05, 3.63) is 29.0 Å². The van der Waals surface area contributed by atoms with Gasteiger partial charge in [-0.15, -0.1) is 0 Å². The molecule has 0 spiro atoms. The normalized spacial score (nSPS) is 12.2. The average Bonchev–Trinajstić information content (AvgIpc) is 2.60. The molecule has 1 aromatic carbocycles. The Balaban J connectivity index is 2.07. The Kier molecular flexibility index (Phi) is 3.26. The van der Waals surface area contributed by atoms with Gasteiger partial charge in [0.1, 0.15) is 11.3 Å². The summed E-state index contributed by atoms with van der Waals surface area (Å²) in [5, 5.41) is 2.73. The third kappa shape index (κ3) is 3.10. The van der Waals surface area contributed by atoms with Crippen molar-refractivity contribution in [2.45, 2.75) is 12.7 Å². The lowest BCUT2D eigenvalue weighted by atomic mass is 10.3. The Bertz CT molecular complexity index is 521. The van der Waals surface area contributed by atoms with Crippen molar-refractivity contribution in [2.24, 2.45) is 0 Å². The fraction of sp³-hybridized carbons (Fsp3) is 0.300. The fourth-order valence-electron chi connectivity index (χ4n) is 1.45. The molecule has 0 unspecified atom stereocenters. The molecule has 17 heavy (non-hydrogen) atoms. The van der Waals surface area contributed by atoms with E-state index in [1.165, 1.54) is 0 Å². The maximum Gasteiger partial charge on any atom is 0.401 e. The van der Waals surface area contributed by atoms with Crippen LogP contribution in [0.4, 0.5) is 13.2 Å². The lowest BCUT2D eigenvalue weighted by molar-refractivity contribution is -0.125. The predicted molar refractivity (Wildman–Crippen MR) is 58.9 cm³/mol. The minimum atomic E-state index is -4.22. The zero-order valence-electron chi connectivity index (χ0n) is 8.61. The monoisotopic (exact) mass is 263 g/mol. The summed E-state index contributed by atoms with van der Waals surface area (Å²) in [6.45, 7) is -1.03. The molecule has 0 radical (unpaired) electrons. The molecular formula is C10H9ClF3N3. The number of aromatic amines is 1.